The molecule has 0 amide bonds. The first-order valence-corrected chi connectivity index (χ1v) is 9.65. The van der Waals surface area contributed by atoms with E-state index in [1.54, 1.807) is 18.2 Å². The molecule has 0 saturated heterocycles. The van der Waals surface area contributed by atoms with Crippen molar-refractivity contribution in [2.45, 2.75) is 22.2 Å². The predicted octanol–water partition coefficient (Wildman–Crippen LogP) is 4.90. The second kappa shape index (κ2) is 6.38. The van der Waals surface area contributed by atoms with Gasteiger partial charge in [0.15, 0.2) is 15.4 Å². The molecule has 0 spiro atoms. The summed E-state index contributed by atoms with van der Waals surface area (Å²) in [6.07, 6.45) is 0. The molecule has 0 bridgehead atoms. The van der Waals surface area contributed by atoms with Gasteiger partial charge in [-0.2, -0.15) is 13.2 Å². The average molecular weight is 387 g/mol. The van der Waals surface area contributed by atoms with Crippen LogP contribution in [0.2, 0.25) is 0 Å². The molecule has 25 heavy (non-hydrogen) atoms. The first kappa shape index (κ1) is 17.8. The van der Waals surface area contributed by atoms with Crippen molar-refractivity contribution in [2.75, 3.05) is 5.75 Å². The third-order valence-corrected chi connectivity index (χ3v) is 5.93. The van der Waals surface area contributed by atoms with E-state index >= 15 is 0 Å². The van der Waals surface area contributed by atoms with Gasteiger partial charge in [0.2, 0.25) is 5.89 Å². The Hall–Kier alpha value is -2.00. The van der Waals surface area contributed by atoms with E-state index in [0.717, 1.165) is 0 Å². The molecule has 0 aliphatic carbocycles. The van der Waals surface area contributed by atoms with Crippen molar-refractivity contribution in [1.29, 1.82) is 0 Å². The van der Waals surface area contributed by atoms with Crippen LogP contribution in [-0.4, -0.2) is 24.7 Å². The number of benzene rings is 2. The lowest BCUT2D eigenvalue weighted by Crippen LogP contribution is -2.05. The first-order valence-electron chi connectivity index (χ1n) is 7.18. The predicted molar refractivity (Wildman–Crippen MR) is 89.1 cm³/mol. The molecule has 0 aliphatic rings. The summed E-state index contributed by atoms with van der Waals surface area (Å²) in [7, 11) is -3.50. The van der Waals surface area contributed by atoms with Gasteiger partial charge >= 0.3 is 5.51 Å². The van der Waals surface area contributed by atoms with E-state index in [1.807, 2.05) is 0 Å². The maximum absolute atomic E-state index is 12.5. The van der Waals surface area contributed by atoms with Crippen molar-refractivity contribution in [3.63, 3.8) is 0 Å². The Bertz CT molecular complexity index is 1030. The second-order valence-electron chi connectivity index (χ2n) is 5.10. The number of nitrogens with zero attached hydrogens (tertiary/aromatic N) is 1. The highest BCUT2D eigenvalue weighted by Crippen LogP contribution is 2.38. The van der Waals surface area contributed by atoms with Gasteiger partial charge in [0, 0.05) is 4.90 Å². The topological polar surface area (TPSA) is 60.2 Å². The minimum atomic E-state index is -4.40. The molecule has 1 heterocycles. The van der Waals surface area contributed by atoms with E-state index in [-0.39, 0.29) is 49.9 Å². The smallest absolute Gasteiger partial charge is 0.436 e. The lowest BCUT2D eigenvalue weighted by molar-refractivity contribution is -0.0328. The minimum Gasteiger partial charge on any atom is -0.436 e. The molecule has 0 radical (unpaired) electrons. The molecule has 4 nitrogen and oxygen atoms in total. The number of alkyl halides is 3. The van der Waals surface area contributed by atoms with Gasteiger partial charge in [-0.25, -0.2) is 13.4 Å². The van der Waals surface area contributed by atoms with Crippen LogP contribution in [-0.2, 0) is 9.84 Å². The maximum Gasteiger partial charge on any atom is 0.446 e. The molecule has 0 aliphatic heterocycles. The summed E-state index contributed by atoms with van der Waals surface area (Å²) in [5, 5.41) is 0. The van der Waals surface area contributed by atoms with Crippen molar-refractivity contribution >= 4 is 32.7 Å². The van der Waals surface area contributed by atoms with Gasteiger partial charge in [-0.15, -0.1) is 0 Å². The summed E-state index contributed by atoms with van der Waals surface area (Å²) in [5.41, 5.74) is -3.61. The van der Waals surface area contributed by atoms with E-state index in [9.17, 15) is 21.6 Å². The zero-order valence-electron chi connectivity index (χ0n) is 12.9. The molecule has 3 aromatic rings. The zero-order chi connectivity index (χ0) is 18.2. The molecular weight excluding hydrogens is 375 g/mol. The number of halogens is 3. The molecule has 0 saturated carbocycles. The number of hydrogen-bond donors (Lipinski definition) is 0. The third-order valence-electron chi connectivity index (χ3n) is 3.43. The molecule has 0 N–H and O–H groups in total. The van der Waals surface area contributed by atoms with Crippen LogP contribution in [0.25, 0.3) is 22.6 Å². The Labute approximate surface area is 146 Å². The molecule has 0 unspecified atom stereocenters. The summed E-state index contributed by atoms with van der Waals surface area (Å²) < 4.78 is 67.5. The Balaban J connectivity index is 2.09. The lowest BCUT2D eigenvalue weighted by atomic mass is 10.2. The Kier molecular flexibility index (Phi) is 4.54. The number of thioether (sulfide) groups is 1. The number of fused-ring (bicyclic) bond motifs is 1. The van der Waals surface area contributed by atoms with E-state index in [2.05, 4.69) is 4.98 Å². The van der Waals surface area contributed by atoms with Crippen molar-refractivity contribution in [1.82, 2.24) is 4.98 Å². The fraction of sp³-hybridized carbons (Fsp3) is 0.188. The van der Waals surface area contributed by atoms with Crippen LogP contribution >= 0.6 is 11.8 Å². The van der Waals surface area contributed by atoms with Gasteiger partial charge < -0.3 is 4.42 Å². The van der Waals surface area contributed by atoms with Crippen molar-refractivity contribution in [2.24, 2.45) is 0 Å². The number of oxazole rings is 1. The Morgan fingerprint density at radius 1 is 1.16 bits per heavy atom. The Morgan fingerprint density at radius 2 is 1.88 bits per heavy atom. The van der Waals surface area contributed by atoms with Crippen LogP contribution in [0.5, 0.6) is 0 Å². The summed E-state index contributed by atoms with van der Waals surface area (Å²) in [5.74, 6) is -0.0341. The first-order chi connectivity index (χ1) is 11.7. The summed E-state index contributed by atoms with van der Waals surface area (Å²) in [6.45, 7) is 1.53. The molecular formula is C16H12F3NO3S2. The largest absolute Gasteiger partial charge is 0.446 e. The van der Waals surface area contributed by atoms with Gasteiger partial charge in [-0.3, -0.25) is 0 Å². The van der Waals surface area contributed by atoms with Crippen LogP contribution in [0.1, 0.15) is 6.92 Å². The highest BCUT2D eigenvalue weighted by atomic mass is 32.2. The minimum absolute atomic E-state index is 0.0192. The Morgan fingerprint density at radius 3 is 2.56 bits per heavy atom. The quantitative estimate of drug-likeness (QED) is 0.596. The van der Waals surface area contributed by atoms with E-state index in [0.29, 0.717) is 0 Å². The van der Waals surface area contributed by atoms with Crippen molar-refractivity contribution in [3.8, 4) is 11.5 Å². The van der Waals surface area contributed by atoms with Gasteiger partial charge in [-0.1, -0.05) is 19.1 Å². The van der Waals surface area contributed by atoms with Crippen molar-refractivity contribution < 1.29 is 26.0 Å². The standard InChI is InChI=1S/C16H12F3NO3S2/c1-2-25(21,22)14-6-4-3-5-11(14)15-20-12-9-10(24-16(17,18)19)7-8-13(12)23-15/h3-9H,2H2,1H3. The van der Waals surface area contributed by atoms with Crippen molar-refractivity contribution in [3.05, 3.63) is 42.5 Å². The number of rotatable bonds is 4. The van der Waals surface area contributed by atoms with Gasteiger partial charge in [-0.05, 0) is 42.1 Å². The van der Waals surface area contributed by atoms with E-state index in [4.69, 9.17) is 4.42 Å². The highest BCUT2D eigenvalue weighted by Gasteiger charge is 2.29. The average Bonchev–Trinajstić information content (AvgIpc) is 2.96. The van der Waals surface area contributed by atoms with Gasteiger partial charge in [0.05, 0.1) is 16.2 Å². The molecule has 132 valence electrons. The van der Waals surface area contributed by atoms with Gasteiger partial charge in [0.1, 0.15) is 5.52 Å². The summed E-state index contributed by atoms with van der Waals surface area (Å²) >= 11 is -0.246. The summed E-state index contributed by atoms with van der Waals surface area (Å²) in [4.78, 5) is 4.23. The molecule has 0 atom stereocenters. The van der Waals surface area contributed by atoms with Crippen LogP contribution in [0.4, 0.5) is 13.2 Å². The van der Waals surface area contributed by atoms with E-state index in [1.165, 1.54) is 31.2 Å². The lowest BCUT2D eigenvalue weighted by Gasteiger charge is -2.05. The fourth-order valence-corrected chi connectivity index (χ4v) is 3.95. The number of aromatic nitrogens is 1. The monoisotopic (exact) mass is 387 g/mol. The van der Waals surface area contributed by atoms with Crippen LogP contribution < -0.4 is 0 Å². The second-order valence-corrected chi connectivity index (χ2v) is 8.48. The molecule has 1 aromatic heterocycles. The van der Waals surface area contributed by atoms with Gasteiger partial charge in [0.25, 0.3) is 0 Å². The van der Waals surface area contributed by atoms with Crippen LogP contribution in [0, 0.1) is 0 Å². The molecule has 9 heteroatoms. The normalized spacial score (nSPS) is 12.6. The summed E-state index contributed by atoms with van der Waals surface area (Å²) in [6, 6.07) is 10.2. The van der Waals surface area contributed by atoms with Crippen LogP contribution in [0.3, 0.4) is 0 Å². The molecule has 2 aromatic carbocycles. The molecule has 0 fully saturated rings. The highest BCUT2D eigenvalue weighted by molar-refractivity contribution is 8.00. The van der Waals surface area contributed by atoms with Crippen LogP contribution in [0.15, 0.2) is 56.7 Å². The number of hydrogen-bond acceptors (Lipinski definition) is 5. The maximum atomic E-state index is 12.5. The number of sulfone groups is 1. The van der Waals surface area contributed by atoms with E-state index < -0.39 is 15.3 Å². The molecule has 3 rings (SSSR count). The zero-order valence-corrected chi connectivity index (χ0v) is 14.5. The fourth-order valence-electron chi connectivity index (χ4n) is 2.29. The SMILES string of the molecule is CCS(=O)(=O)c1ccccc1-c1nc2cc(SC(F)(F)F)ccc2o1. The third kappa shape index (κ3) is 3.82.